The number of carbonyl (C=O) groups excluding carboxylic acids is 3. The molecule has 0 aromatic carbocycles. The van der Waals surface area contributed by atoms with Crippen molar-refractivity contribution in [2.24, 2.45) is 39.4 Å². The van der Waals surface area contributed by atoms with Crippen LogP contribution in [0.25, 0.3) is 0 Å². The van der Waals surface area contributed by atoms with Crippen molar-refractivity contribution in [2.45, 2.75) is 86.5 Å². The molecular formula is C27H36O3. The Morgan fingerprint density at radius 2 is 1.47 bits per heavy atom. The molecule has 0 N–H and O–H groups in total. The van der Waals surface area contributed by atoms with E-state index >= 15 is 0 Å². The fraction of sp³-hybridized carbons (Fsp3) is 0.741. The lowest BCUT2D eigenvalue weighted by Crippen LogP contribution is -2.62. The minimum atomic E-state index is -0.241. The van der Waals surface area contributed by atoms with E-state index in [-0.39, 0.29) is 33.2 Å². The predicted octanol–water partition coefficient (Wildman–Crippen LogP) is 5.63. The zero-order valence-corrected chi connectivity index (χ0v) is 19.5. The maximum Gasteiger partial charge on any atom is 0.185 e. The molecule has 0 aromatic rings. The molecule has 5 aliphatic rings. The molecule has 5 aliphatic carbocycles. The highest BCUT2D eigenvalue weighted by atomic mass is 16.1. The molecule has 3 nitrogen and oxygen atoms in total. The molecule has 0 radical (unpaired) electrons. The number of hydrogen-bond acceptors (Lipinski definition) is 3. The number of carbonyl (C=O) groups is 3. The first-order valence-electron chi connectivity index (χ1n) is 11.9. The summed E-state index contributed by atoms with van der Waals surface area (Å²) in [5, 5.41) is 0. The SMILES string of the molecule is CC1=CC(=O)C2=C(C[C@@H]3[C@]4(C)CC[C@H]5C(C)(C)C(=O)CC[C@]5(C)[C@@H]4CC[C@@]23C)C1=O. The largest absolute Gasteiger partial charge is 0.299 e. The Hall–Kier alpha value is -1.51. The Morgan fingerprint density at radius 1 is 0.833 bits per heavy atom. The number of rotatable bonds is 0. The van der Waals surface area contributed by atoms with Crippen molar-refractivity contribution in [1.82, 2.24) is 0 Å². The van der Waals surface area contributed by atoms with Gasteiger partial charge in [0.15, 0.2) is 11.6 Å². The fourth-order valence-electron chi connectivity index (χ4n) is 9.43. The van der Waals surface area contributed by atoms with Gasteiger partial charge < -0.3 is 0 Å². The van der Waals surface area contributed by atoms with Crippen molar-refractivity contribution in [3.05, 3.63) is 22.8 Å². The van der Waals surface area contributed by atoms with Crippen LogP contribution in [0.5, 0.6) is 0 Å². The van der Waals surface area contributed by atoms with E-state index in [2.05, 4.69) is 34.6 Å². The van der Waals surface area contributed by atoms with Crippen LogP contribution >= 0.6 is 0 Å². The summed E-state index contributed by atoms with van der Waals surface area (Å²) in [6, 6.07) is 0. The second kappa shape index (κ2) is 5.84. The Morgan fingerprint density at radius 3 is 2.17 bits per heavy atom. The first kappa shape index (κ1) is 20.4. The van der Waals surface area contributed by atoms with E-state index in [4.69, 9.17) is 0 Å². The topological polar surface area (TPSA) is 51.2 Å². The molecule has 0 saturated heterocycles. The maximum atomic E-state index is 13.0. The van der Waals surface area contributed by atoms with Crippen molar-refractivity contribution >= 4 is 17.3 Å². The van der Waals surface area contributed by atoms with Crippen molar-refractivity contribution in [1.29, 1.82) is 0 Å². The number of fused-ring (bicyclic) bond motifs is 6. The highest BCUT2D eigenvalue weighted by Gasteiger charge is 2.67. The van der Waals surface area contributed by atoms with Crippen molar-refractivity contribution in [3.8, 4) is 0 Å². The van der Waals surface area contributed by atoms with Crippen LogP contribution in [-0.2, 0) is 14.4 Å². The summed E-state index contributed by atoms with van der Waals surface area (Å²) in [6.07, 6.45) is 8.30. The predicted molar refractivity (Wildman–Crippen MR) is 117 cm³/mol. The molecule has 3 fully saturated rings. The van der Waals surface area contributed by atoms with E-state index < -0.39 is 0 Å². The standard InChI is InChI=1S/C27H36O3/c1-15-13-17(28)22-16(23(15)30)14-20-26(5)10-7-18-24(2,3)21(29)9-12-25(18,4)19(26)8-11-27(20,22)6/h13,18-20H,7-12,14H2,1-6H3/t18-,19-,20+,25-,26+,27+/m0/s1. The summed E-state index contributed by atoms with van der Waals surface area (Å²) in [5.41, 5.74) is 2.11. The molecule has 30 heavy (non-hydrogen) atoms. The molecule has 3 heteroatoms. The third-order valence-electron chi connectivity index (χ3n) is 10.9. The van der Waals surface area contributed by atoms with Gasteiger partial charge in [0.05, 0.1) is 0 Å². The molecule has 0 heterocycles. The van der Waals surface area contributed by atoms with E-state index in [0.29, 0.717) is 35.5 Å². The van der Waals surface area contributed by atoms with Gasteiger partial charge in [-0.05, 0) is 80.1 Å². The Balaban J connectivity index is 1.57. The molecular weight excluding hydrogens is 372 g/mol. The highest BCUT2D eigenvalue weighted by Crippen LogP contribution is 2.73. The van der Waals surface area contributed by atoms with E-state index in [9.17, 15) is 14.4 Å². The van der Waals surface area contributed by atoms with Crippen LogP contribution in [0, 0.1) is 39.4 Å². The van der Waals surface area contributed by atoms with E-state index in [0.717, 1.165) is 49.7 Å². The normalized spacial score (nSPS) is 47.3. The van der Waals surface area contributed by atoms with Gasteiger partial charge in [-0.25, -0.2) is 0 Å². The van der Waals surface area contributed by atoms with Crippen molar-refractivity contribution in [2.75, 3.05) is 0 Å². The average Bonchev–Trinajstić information content (AvgIpc) is 2.98. The van der Waals surface area contributed by atoms with Crippen molar-refractivity contribution < 1.29 is 14.4 Å². The van der Waals surface area contributed by atoms with Gasteiger partial charge in [-0.1, -0.05) is 34.6 Å². The molecule has 0 aromatic heterocycles. The summed E-state index contributed by atoms with van der Waals surface area (Å²) < 4.78 is 0. The lowest BCUT2D eigenvalue weighted by atomic mass is 9.37. The summed E-state index contributed by atoms with van der Waals surface area (Å²) in [6.45, 7) is 13.3. The lowest BCUT2D eigenvalue weighted by Gasteiger charge is -2.67. The zero-order valence-electron chi connectivity index (χ0n) is 19.5. The average molecular weight is 409 g/mol. The molecule has 0 amide bonds. The smallest absolute Gasteiger partial charge is 0.185 e. The minimum Gasteiger partial charge on any atom is -0.299 e. The maximum absolute atomic E-state index is 13.0. The van der Waals surface area contributed by atoms with Gasteiger partial charge in [0, 0.05) is 34.0 Å². The van der Waals surface area contributed by atoms with Crippen LogP contribution in [-0.4, -0.2) is 17.3 Å². The van der Waals surface area contributed by atoms with Gasteiger partial charge in [-0.15, -0.1) is 0 Å². The highest BCUT2D eigenvalue weighted by molar-refractivity contribution is 6.23. The third-order valence-corrected chi connectivity index (χ3v) is 10.9. The summed E-state index contributed by atoms with van der Waals surface area (Å²) >= 11 is 0. The Kier molecular flexibility index (Phi) is 3.97. The Bertz CT molecular complexity index is 949. The monoisotopic (exact) mass is 408 g/mol. The van der Waals surface area contributed by atoms with Crippen LogP contribution in [0.15, 0.2) is 22.8 Å². The van der Waals surface area contributed by atoms with Gasteiger partial charge in [-0.3, -0.25) is 14.4 Å². The third kappa shape index (κ3) is 2.20. The van der Waals surface area contributed by atoms with Crippen LogP contribution in [0.1, 0.15) is 86.5 Å². The minimum absolute atomic E-state index is 0.0819. The molecule has 5 rings (SSSR count). The van der Waals surface area contributed by atoms with E-state index in [1.807, 2.05) is 0 Å². The van der Waals surface area contributed by atoms with Gasteiger partial charge in [0.25, 0.3) is 0 Å². The summed E-state index contributed by atoms with van der Waals surface area (Å²) in [7, 11) is 0. The first-order valence-corrected chi connectivity index (χ1v) is 11.9. The molecule has 0 aliphatic heterocycles. The quantitative estimate of drug-likeness (QED) is 0.488. The van der Waals surface area contributed by atoms with E-state index in [1.54, 1.807) is 13.0 Å². The number of allylic oxidation sites excluding steroid dienone is 4. The van der Waals surface area contributed by atoms with Crippen LogP contribution < -0.4 is 0 Å². The summed E-state index contributed by atoms with van der Waals surface area (Å²) in [5.74, 6) is 1.95. The molecule has 0 spiro atoms. The number of Topliss-reactive ketones (excluding diaryl/α,β-unsaturated/α-hetero) is 2. The van der Waals surface area contributed by atoms with Crippen LogP contribution in [0.2, 0.25) is 0 Å². The number of ketones is 3. The second-order valence-electron chi connectivity index (χ2n) is 12.4. The van der Waals surface area contributed by atoms with Crippen molar-refractivity contribution in [3.63, 3.8) is 0 Å². The summed E-state index contributed by atoms with van der Waals surface area (Å²) in [4.78, 5) is 38.8. The molecule has 0 unspecified atom stereocenters. The molecule has 6 atom stereocenters. The first-order chi connectivity index (χ1) is 13.9. The van der Waals surface area contributed by atoms with Gasteiger partial charge in [-0.2, -0.15) is 0 Å². The van der Waals surface area contributed by atoms with Gasteiger partial charge in [0.2, 0.25) is 0 Å². The Labute approximate surface area is 180 Å². The second-order valence-corrected chi connectivity index (χ2v) is 12.4. The molecule has 3 saturated carbocycles. The van der Waals surface area contributed by atoms with Crippen LogP contribution in [0.3, 0.4) is 0 Å². The van der Waals surface area contributed by atoms with E-state index in [1.165, 1.54) is 0 Å². The lowest BCUT2D eigenvalue weighted by molar-refractivity contribution is -0.186. The molecule has 162 valence electrons. The van der Waals surface area contributed by atoms with Gasteiger partial charge >= 0.3 is 0 Å². The van der Waals surface area contributed by atoms with Crippen LogP contribution in [0.4, 0.5) is 0 Å². The fourth-order valence-corrected chi connectivity index (χ4v) is 9.43. The number of hydrogen-bond donors (Lipinski definition) is 0. The molecule has 0 bridgehead atoms. The van der Waals surface area contributed by atoms with Gasteiger partial charge in [0.1, 0.15) is 5.78 Å². The zero-order chi connectivity index (χ0) is 21.9.